The quantitative estimate of drug-likeness (QED) is 0.289. The zero-order valence-corrected chi connectivity index (χ0v) is 26.1. The predicted molar refractivity (Wildman–Crippen MR) is 173 cm³/mol. The van der Waals surface area contributed by atoms with Gasteiger partial charge in [-0.2, -0.15) is 0 Å². The lowest BCUT2D eigenvalue weighted by molar-refractivity contribution is -0.136. The predicted octanol–water partition coefficient (Wildman–Crippen LogP) is 5.37. The van der Waals surface area contributed by atoms with Crippen molar-refractivity contribution in [3.05, 3.63) is 130 Å². The fraction of sp³-hybridized carbons (Fsp3) is 0.263. The summed E-state index contributed by atoms with van der Waals surface area (Å²) in [5.74, 6) is -2.83. The van der Waals surface area contributed by atoms with Gasteiger partial charge < -0.3 is 0 Å². The van der Waals surface area contributed by atoms with Crippen LogP contribution in [0.1, 0.15) is 45.5 Å². The first-order valence-electron chi connectivity index (χ1n) is 15.8. The maximum Gasteiger partial charge on any atom is 0.253 e. The average molecular weight is 611 g/mol. The van der Waals surface area contributed by atoms with Crippen molar-refractivity contribution in [2.75, 3.05) is 9.80 Å². The number of rotatable bonds is 4. The molecule has 4 heterocycles. The molecule has 8 nitrogen and oxygen atoms in total. The van der Waals surface area contributed by atoms with E-state index >= 15 is 0 Å². The first-order valence-corrected chi connectivity index (χ1v) is 15.8. The molecule has 46 heavy (non-hydrogen) atoms. The topological polar surface area (TPSA) is 81.2 Å². The first kappa shape index (κ1) is 28.5. The van der Waals surface area contributed by atoms with Gasteiger partial charge in [-0.25, -0.2) is 19.8 Å². The van der Waals surface area contributed by atoms with Crippen LogP contribution in [-0.2, 0) is 19.2 Å². The lowest BCUT2D eigenvalue weighted by atomic mass is 9.84. The fourth-order valence-corrected chi connectivity index (χ4v) is 8.04. The molecular weight excluding hydrogens is 576 g/mol. The highest BCUT2D eigenvalue weighted by Gasteiger charge is 2.73. The van der Waals surface area contributed by atoms with Crippen molar-refractivity contribution in [3.63, 3.8) is 0 Å². The Kier molecular flexibility index (Phi) is 6.39. The number of hydrazine groups is 1. The third-order valence-corrected chi connectivity index (χ3v) is 10.5. The van der Waals surface area contributed by atoms with Gasteiger partial charge in [0, 0.05) is 0 Å². The molecule has 8 heteroatoms. The monoisotopic (exact) mass is 610 g/mol. The van der Waals surface area contributed by atoms with Gasteiger partial charge in [-0.3, -0.25) is 19.2 Å². The summed E-state index contributed by atoms with van der Waals surface area (Å²) in [5.41, 5.74) is 6.82. The summed E-state index contributed by atoms with van der Waals surface area (Å²) in [4.78, 5) is 60.9. The molecule has 0 spiro atoms. The molecule has 6 atom stereocenters. The number of imide groups is 2. The number of carbonyl (C=O) groups is 4. The average Bonchev–Trinajstić information content (AvgIpc) is 3.72. The molecule has 0 aromatic heterocycles. The molecule has 4 aliphatic rings. The zero-order valence-electron chi connectivity index (χ0n) is 26.1. The number of hydrogen-bond donors (Lipinski definition) is 0. The highest BCUT2D eigenvalue weighted by Crippen LogP contribution is 2.59. The summed E-state index contributed by atoms with van der Waals surface area (Å²) in [5, 5.41) is 3.84. The minimum Gasteiger partial charge on any atom is -0.274 e. The summed E-state index contributed by atoms with van der Waals surface area (Å²) in [6.45, 7) is 7.91. The molecule has 4 aromatic rings. The van der Waals surface area contributed by atoms with Crippen LogP contribution in [0, 0.1) is 39.5 Å². The van der Waals surface area contributed by atoms with Gasteiger partial charge in [0.1, 0.15) is 12.1 Å². The molecular formula is C38H34N4O4. The van der Waals surface area contributed by atoms with E-state index in [2.05, 4.69) is 0 Å². The maximum atomic E-state index is 14.6. The number of aryl methyl sites for hydroxylation is 4. The van der Waals surface area contributed by atoms with Gasteiger partial charge in [-0.1, -0.05) is 72.8 Å². The van der Waals surface area contributed by atoms with Gasteiger partial charge in [0.2, 0.25) is 11.8 Å². The van der Waals surface area contributed by atoms with Crippen LogP contribution in [0.3, 0.4) is 0 Å². The van der Waals surface area contributed by atoms with Crippen LogP contribution in [0.25, 0.3) is 0 Å². The number of fused-ring (bicyclic) bond motifs is 5. The maximum absolute atomic E-state index is 14.6. The van der Waals surface area contributed by atoms with Gasteiger partial charge in [-0.15, -0.1) is 0 Å². The Morgan fingerprint density at radius 1 is 0.413 bits per heavy atom. The van der Waals surface area contributed by atoms with Crippen LogP contribution >= 0.6 is 0 Å². The van der Waals surface area contributed by atoms with Crippen LogP contribution in [-0.4, -0.2) is 45.7 Å². The van der Waals surface area contributed by atoms with Crippen molar-refractivity contribution < 1.29 is 19.2 Å². The van der Waals surface area contributed by atoms with E-state index in [0.29, 0.717) is 11.4 Å². The molecule has 0 aliphatic carbocycles. The summed E-state index contributed by atoms with van der Waals surface area (Å²) < 4.78 is 0. The lowest BCUT2D eigenvalue weighted by Crippen LogP contribution is -2.50. The Morgan fingerprint density at radius 2 is 0.783 bits per heavy atom. The highest BCUT2D eigenvalue weighted by atomic mass is 16.2. The first-order chi connectivity index (χ1) is 22.2. The van der Waals surface area contributed by atoms with Crippen molar-refractivity contribution in [2.45, 2.75) is 51.9 Å². The minimum absolute atomic E-state index is 0.298. The SMILES string of the molecule is Cc1ccc(N2C(=O)C3C(C2=O)N2C(c4ccccc4)C4C(=O)N(c5ccc(C)c(C)c5)C(=O)C4N2C3c2ccccc2)cc1C. The molecule has 230 valence electrons. The Bertz CT molecular complexity index is 1800. The van der Waals surface area contributed by atoms with Crippen LogP contribution in [0.15, 0.2) is 97.1 Å². The molecule has 0 radical (unpaired) electrons. The standard InChI is InChI=1S/C38H34N4O4/c1-21-15-17-27(19-23(21)3)39-35(43)29-31(25-11-7-5-8-12-25)42-34-30(32(26-13-9-6-10-14-26)41(42)33(29)37(39)45)36(44)40(38(34)46)28-18-16-22(2)24(4)20-28/h5-20,29-34H,1-4H3. The van der Waals surface area contributed by atoms with Gasteiger partial charge in [0.05, 0.1) is 35.3 Å². The Labute approximate surface area is 267 Å². The fourth-order valence-electron chi connectivity index (χ4n) is 8.04. The largest absolute Gasteiger partial charge is 0.274 e. The van der Waals surface area contributed by atoms with Gasteiger partial charge in [-0.05, 0) is 85.3 Å². The molecule has 0 bridgehead atoms. The molecule has 4 aromatic carbocycles. The second-order valence-corrected chi connectivity index (χ2v) is 13.0. The van der Waals surface area contributed by atoms with Gasteiger partial charge in [0.25, 0.3) is 11.8 Å². The number of amides is 4. The third-order valence-electron chi connectivity index (χ3n) is 10.5. The Hall–Kier alpha value is -4.92. The third kappa shape index (κ3) is 3.87. The lowest BCUT2D eigenvalue weighted by Gasteiger charge is -2.35. The van der Waals surface area contributed by atoms with E-state index in [0.717, 1.165) is 33.4 Å². The van der Waals surface area contributed by atoms with E-state index in [9.17, 15) is 19.2 Å². The van der Waals surface area contributed by atoms with E-state index in [1.54, 1.807) is 0 Å². The normalized spacial score (nSPS) is 27.5. The van der Waals surface area contributed by atoms with Crippen molar-refractivity contribution in [1.82, 2.24) is 10.0 Å². The number of nitrogens with zero attached hydrogens (tertiary/aromatic N) is 4. The Balaban J connectivity index is 1.32. The van der Waals surface area contributed by atoms with Crippen LogP contribution in [0.4, 0.5) is 11.4 Å². The van der Waals surface area contributed by atoms with Crippen molar-refractivity contribution in [3.8, 4) is 0 Å². The molecule has 4 aliphatic heterocycles. The summed E-state index contributed by atoms with van der Waals surface area (Å²) in [7, 11) is 0. The molecule has 4 fully saturated rings. The number of carbonyl (C=O) groups excluding carboxylic acids is 4. The second kappa shape index (κ2) is 10.3. The molecule has 4 amide bonds. The van der Waals surface area contributed by atoms with E-state index in [-0.39, 0.29) is 23.6 Å². The summed E-state index contributed by atoms with van der Waals surface area (Å²) >= 11 is 0. The molecule has 8 rings (SSSR count). The number of benzene rings is 4. The molecule has 6 unspecified atom stereocenters. The van der Waals surface area contributed by atoms with Gasteiger partial charge >= 0.3 is 0 Å². The van der Waals surface area contributed by atoms with E-state index in [1.807, 2.05) is 135 Å². The van der Waals surface area contributed by atoms with Gasteiger partial charge in [0.15, 0.2) is 0 Å². The van der Waals surface area contributed by atoms with E-state index < -0.39 is 36.0 Å². The smallest absolute Gasteiger partial charge is 0.253 e. The number of hydrogen-bond acceptors (Lipinski definition) is 6. The Morgan fingerprint density at radius 3 is 1.13 bits per heavy atom. The summed E-state index contributed by atoms with van der Waals surface area (Å²) in [6, 6.07) is 27.4. The number of anilines is 2. The van der Waals surface area contributed by atoms with E-state index in [4.69, 9.17) is 0 Å². The summed E-state index contributed by atoms with van der Waals surface area (Å²) in [6.07, 6.45) is 0. The highest BCUT2D eigenvalue weighted by molar-refractivity contribution is 6.26. The van der Waals surface area contributed by atoms with Crippen LogP contribution in [0.2, 0.25) is 0 Å². The minimum atomic E-state index is -0.884. The van der Waals surface area contributed by atoms with E-state index in [1.165, 1.54) is 9.80 Å². The second-order valence-electron chi connectivity index (χ2n) is 13.0. The van der Waals surface area contributed by atoms with Crippen molar-refractivity contribution >= 4 is 35.0 Å². The zero-order chi connectivity index (χ0) is 32.0. The molecule has 0 saturated carbocycles. The van der Waals surface area contributed by atoms with Crippen LogP contribution in [0.5, 0.6) is 0 Å². The molecule has 0 N–H and O–H groups in total. The van der Waals surface area contributed by atoms with Crippen LogP contribution < -0.4 is 9.80 Å². The molecule has 4 saturated heterocycles. The van der Waals surface area contributed by atoms with Crippen molar-refractivity contribution in [2.24, 2.45) is 11.8 Å². The van der Waals surface area contributed by atoms with Crippen molar-refractivity contribution in [1.29, 1.82) is 0 Å².